The molecular weight excluding hydrogens is 618 g/mol. The summed E-state index contributed by atoms with van der Waals surface area (Å²) < 4.78 is 36.2. The molecule has 0 spiro atoms. The smallest absolute Gasteiger partial charge is 0.408 e. The minimum Gasteiger partial charge on any atom is -0.445 e. The van der Waals surface area contributed by atoms with Crippen LogP contribution in [-0.2, 0) is 32.7 Å². The van der Waals surface area contributed by atoms with Gasteiger partial charge in [0.2, 0.25) is 5.91 Å². The normalized spacial score (nSPS) is 15.4. The second-order valence-corrected chi connectivity index (χ2v) is 13.0. The first-order valence-corrected chi connectivity index (χ1v) is 16.7. The molecular formula is C36H37N3O7S. The molecule has 0 aromatic heterocycles. The number of hydrogen-bond acceptors (Lipinski definition) is 7. The lowest BCUT2D eigenvalue weighted by atomic mass is 10.0. The van der Waals surface area contributed by atoms with E-state index in [1.807, 2.05) is 62.4 Å². The number of aryl methyl sites for hydroxylation is 1. The topological polar surface area (TPSA) is 122 Å². The fourth-order valence-electron chi connectivity index (χ4n) is 5.34. The lowest BCUT2D eigenvalue weighted by Crippen LogP contribution is -2.60. The lowest BCUT2D eigenvalue weighted by molar-refractivity contribution is -0.137. The van der Waals surface area contributed by atoms with E-state index in [0.29, 0.717) is 30.8 Å². The van der Waals surface area contributed by atoms with Crippen LogP contribution in [0.5, 0.6) is 5.75 Å². The Morgan fingerprint density at radius 3 is 2.11 bits per heavy atom. The Kier molecular flexibility index (Phi) is 10.6. The van der Waals surface area contributed by atoms with E-state index in [1.165, 1.54) is 24.3 Å². The van der Waals surface area contributed by atoms with Crippen molar-refractivity contribution in [2.75, 3.05) is 19.6 Å². The molecule has 3 amide bonds. The second-order valence-electron chi connectivity index (χ2n) is 11.5. The van der Waals surface area contributed by atoms with Crippen molar-refractivity contribution >= 4 is 28.0 Å². The Balaban J connectivity index is 1.28. The summed E-state index contributed by atoms with van der Waals surface area (Å²) in [5, 5.41) is 2.73. The average molecular weight is 656 g/mol. The minimum atomic E-state index is -4.04. The highest BCUT2D eigenvalue weighted by Crippen LogP contribution is 2.21. The molecule has 0 radical (unpaired) electrons. The largest absolute Gasteiger partial charge is 0.445 e. The van der Waals surface area contributed by atoms with E-state index in [2.05, 4.69) is 5.32 Å². The fraction of sp³-hybridized carbons (Fsp3) is 0.250. The minimum absolute atomic E-state index is 0.0335. The van der Waals surface area contributed by atoms with Crippen molar-refractivity contribution in [3.8, 4) is 5.75 Å². The van der Waals surface area contributed by atoms with Gasteiger partial charge in [-0.15, -0.1) is 0 Å². The first-order chi connectivity index (χ1) is 22.6. The van der Waals surface area contributed by atoms with Crippen LogP contribution >= 0.6 is 0 Å². The third-order valence-electron chi connectivity index (χ3n) is 7.90. The molecule has 4 aromatic carbocycles. The third kappa shape index (κ3) is 8.76. The summed E-state index contributed by atoms with van der Waals surface area (Å²) in [5.74, 6) is -0.307. The maximum Gasteiger partial charge on any atom is 0.408 e. The number of benzene rings is 4. The van der Waals surface area contributed by atoms with Crippen LogP contribution in [0.2, 0.25) is 0 Å². The predicted octanol–water partition coefficient (Wildman–Crippen LogP) is 4.97. The van der Waals surface area contributed by atoms with Crippen LogP contribution in [0.4, 0.5) is 4.79 Å². The quantitative estimate of drug-likeness (QED) is 0.239. The van der Waals surface area contributed by atoms with Crippen molar-refractivity contribution in [1.29, 1.82) is 0 Å². The molecule has 1 heterocycles. The predicted molar refractivity (Wildman–Crippen MR) is 176 cm³/mol. The van der Waals surface area contributed by atoms with Gasteiger partial charge in [-0.2, -0.15) is 8.42 Å². The standard InChI is InChI=1S/C36H37N3O7S/c1-26-13-19-32(20-14-26)47(43,44)46-31-17-15-28(16-18-31)23-33(37-36(42)45-25-29-9-5-3-6-10-29)35(41)39-22-21-38(24-27(39)2)34(40)30-11-7-4-8-12-30/h3-20,27,33H,21-25H2,1-2H3,(H,37,42)/t27-,33-/m0/s1. The number of ether oxygens (including phenoxy) is 1. The summed E-state index contributed by atoms with van der Waals surface area (Å²) in [6.07, 6.45) is -0.637. The van der Waals surface area contributed by atoms with Crippen molar-refractivity contribution in [2.45, 2.75) is 43.9 Å². The van der Waals surface area contributed by atoms with Crippen LogP contribution < -0.4 is 9.50 Å². The fourth-order valence-corrected chi connectivity index (χ4v) is 6.27. The molecule has 1 fully saturated rings. The summed E-state index contributed by atoms with van der Waals surface area (Å²) in [5.41, 5.74) is 2.97. The molecule has 1 N–H and O–H groups in total. The molecule has 244 valence electrons. The van der Waals surface area contributed by atoms with Crippen molar-refractivity contribution in [1.82, 2.24) is 15.1 Å². The van der Waals surface area contributed by atoms with Gasteiger partial charge < -0.3 is 24.0 Å². The molecule has 1 aliphatic heterocycles. The SMILES string of the molecule is Cc1ccc(S(=O)(=O)Oc2ccc(C[C@H](NC(=O)OCc3ccccc3)C(=O)N3CCN(C(=O)c4ccccc4)C[C@@H]3C)cc2)cc1. The van der Waals surface area contributed by atoms with E-state index in [1.54, 1.807) is 46.2 Å². The van der Waals surface area contributed by atoms with E-state index in [9.17, 15) is 22.8 Å². The van der Waals surface area contributed by atoms with Gasteiger partial charge in [0.05, 0.1) is 0 Å². The van der Waals surface area contributed by atoms with Gasteiger partial charge in [-0.1, -0.05) is 78.4 Å². The number of hydrogen-bond donors (Lipinski definition) is 1. The molecule has 0 aliphatic carbocycles. The maximum atomic E-state index is 14.0. The van der Waals surface area contributed by atoms with E-state index in [0.717, 1.165) is 11.1 Å². The van der Waals surface area contributed by atoms with Crippen molar-refractivity contribution in [3.63, 3.8) is 0 Å². The Labute approximate surface area is 275 Å². The van der Waals surface area contributed by atoms with Gasteiger partial charge in [0.25, 0.3) is 5.91 Å². The highest BCUT2D eigenvalue weighted by molar-refractivity contribution is 7.87. The number of rotatable bonds is 10. The molecule has 0 bridgehead atoms. The van der Waals surface area contributed by atoms with Crippen LogP contribution in [0, 0.1) is 6.92 Å². The third-order valence-corrected chi connectivity index (χ3v) is 9.16. The molecule has 47 heavy (non-hydrogen) atoms. The van der Waals surface area contributed by atoms with Gasteiger partial charge in [0.1, 0.15) is 23.3 Å². The van der Waals surface area contributed by atoms with Gasteiger partial charge in [0.15, 0.2) is 0 Å². The first-order valence-electron chi connectivity index (χ1n) is 15.3. The monoisotopic (exact) mass is 655 g/mol. The van der Waals surface area contributed by atoms with Crippen LogP contribution in [-0.4, -0.2) is 67.8 Å². The molecule has 1 saturated heterocycles. The van der Waals surface area contributed by atoms with Gasteiger partial charge in [0, 0.05) is 37.7 Å². The molecule has 11 heteroatoms. The molecule has 5 rings (SSSR count). The lowest BCUT2D eigenvalue weighted by Gasteiger charge is -2.41. The number of alkyl carbamates (subject to hydrolysis) is 1. The summed E-state index contributed by atoms with van der Waals surface area (Å²) >= 11 is 0. The van der Waals surface area contributed by atoms with Crippen molar-refractivity contribution in [3.05, 3.63) is 131 Å². The van der Waals surface area contributed by atoms with E-state index in [-0.39, 0.29) is 41.5 Å². The summed E-state index contributed by atoms with van der Waals surface area (Å²) in [6, 6.07) is 29.6. The van der Waals surface area contributed by atoms with E-state index in [4.69, 9.17) is 8.92 Å². The molecule has 0 saturated carbocycles. The number of carbonyl (C=O) groups excluding carboxylic acids is 3. The highest BCUT2D eigenvalue weighted by Gasteiger charge is 2.34. The Morgan fingerprint density at radius 2 is 1.47 bits per heavy atom. The second kappa shape index (κ2) is 15.0. The zero-order chi connectivity index (χ0) is 33.4. The van der Waals surface area contributed by atoms with Gasteiger partial charge in [-0.3, -0.25) is 9.59 Å². The average Bonchev–Trinajstić information content (AvgIpc) is 3.08. The maximum absolute atomic E-state index is 14.0. The molecule has 1 aliphatic rings. The van der Waals surface area contributed by atoms with Crippen molar-refractivity contribution in [2.24, 2.45) is 0 Å². The molecule has 4 aromatic rings. The Hall–Kier alpha value is -5.16. The molecule has 0 unspecified atom stereocenters. The first kappa shape index (κ1) is 33.2. The number of nitrogens with zero attached hydrogens (tertiary/aromatic N) is 2. The molecule has 2 atom stereocenters. The number of nitrogens with one attached hydrogen (secondary N) is 1. The molecule has 10 nitrogen and oxygen atoms in total. The summed E-state index contributed by atoms with van der Waals surface area (Å²) in [6.45, 7) is 4.74. The number of amides is 3. The van der Waals surface area contributed by atoms with Gasteiger partial charge in [-0.05, 0) is 61.4 Å². The van der Waals surface area contributed by atoms with Crippen molar-refractivity contribution < 1.29 is 31.7 Å². The number of carbonyl (C=O) groups is 3. The van der Waals surface area contributed by atoms with Crippen LogP contribution in [0.3, 0.4) is 0 Å². The summed E-state index contributed by atoms with van der Waals surface area (Å²) in [4.78, 5) is 43.3. The van der Waals surface area contributed by atoms with Gasteiger partial charge in [-0.25, -0.2) is 4.79 Å². The summed E-state index contributed by atoms with van der Waals surface area (Å²) in [7, 11) is -4.04. The zero-order valence-corrected chi connectivity index (χ0v) is 27.1. The van der Waals surface area contributed by atoms with E-state index < -0.39 is 22.3 Å². The van der Waals surface area contributed by atoms with Crippen LogP contribution in [0.1, 0.15) is 34.0 Å². The van der Waals surface area contributed by atoms with Crippen LogP contribution in [0.25, 0.3) is 0 Å². The Morgan fingerprint density at radius 1 is 0.830 bits per heavy atom. The highest BCUT2D eigenvalue weighted by atomic mass is 32.2. The zero-order valence-electron chi connectivity index (χ0n) is 26.2. The van der Waals surface area contributed by atoms with E-state index >= 15 is 0 Å². The van der Waals surface area contributed by atoms with Crippen LogP contribution in [0.15, 0.2) is 114 Å². The van der Waals surface area contributed by atoms with Gasteiger partial charge >= 0.3 is 16.2 Å². The Bertz CT molecular complexity index is 1780. The number of piperazine rings is 1.